The van der Waals surface area contributed by atoms with E-state index in [9.17, 15) is 4.79 Å². The fourth-order valence-electron chi connectivity index (χ4n) is 4.52. The highest BCUT2D eigenvalue weighted by Gasteiger charge is 2.33. The molecule has 0 bridgehead atoms. The summed E-state index contributed by atoms with van der Waals surface area (Å²) in [5.41, 5.74) is 4.05. The molecular weight excluding hydrogens is 496 g/mol. The Kier molecular flexibility index (Phi) is 6.91. The summed E-state index contributed by atoms with van der Waals surface area (Å²) in [4.78, 5) is 14.8. The third kappa shape index (κ3) is 4.67. The molecule has 7 nitrogen and oxygen atoms in total. The normalized spacial score (nSPS) is 15.4. The van der Waals surface area contributed by atoms with Gasteiger partial charge in [-0.2, -0.15) is 0 Å². The highest BCUT2D eigenvalue weighted by molar-refractivity contribution is 7.71. The number of fused-ring (bicyclic) bond motifs is 1. The van der Waals surface area contributed by atoms with Gasteiger partial charge in [-0.05, 0) is 78.3 Å². The van der Waals surface area contributed by atoms with Crippen LogP contribution in [-0.4, -0.2) is 45.5 Å². The molecule has 36 heavy (non-hydrogen) atoms. The Balaban J connectivity index is 1.58. The van der Waals surface area contributed by atoms with E-state index in [4.69, 9.17) is 38.4 Å². The topological polar surface area (TPSA) is 61.5 Å². The SMILES string of the molecule is COC(=O)C1Cc2ccccc2CN1Cn1nc(-c2ccc(OC)cc2)n(-c2ccc(Cl)cc2)c1=S. The van der Waals surface area contributed by atoms with E-state index in [-0.39, 0.29) is 5.97 Å². The number of benzene rings is 3. The Morgan fingerprint density at radius 1 is 1.03 bits per heavy atom. The van der Waals surface area contributed by atoms with Crippen LogP contribution in [0.2, 0.25) is 5.02 Å². The standard InChI is InChI=1S/C27H25ClN4O3S/c1-34-23-13-7-18(8-14-23)25-29-31(27(36)32(25)22-11-9-21(28)10-12-22)17-30-16-20-6-4-3-5-19(20)15-24(30)26(33)35-2/h3-14,24H,15-17H2,1-2H3. The molecule has 0 radical (unpaired) electrons. The quantitative estimate of drug-likeness (QED) is 0.254. The number of carbonyl (C=O) groups is 1. The lowest BCUT2D eigenvalue weighted by molar-refractivity contribution is -0.148. The third-order valence-corrected chi connectivity index (χ3v) is 7.05. The average molecular weight is 521 g/mol. The number of ether oxygens (including phenoxy) is 2. The average Bonchev–Trinajstić information content (AvgIpc) is 3.23. The number of esters is 1. The minimum Gasteiger partial charge on any atom is -0.497 e. The minimum absolute atomic E-state index is 0.275. The van der Waals surface area contributed by atoms with Crippen molar-refractivity contribution in [2.24, 2.45) is 0 Å². The van der Waals surface area contributed by atoms with Crippen LogP contribution in [0.1, 0.15) is 11.1 Å². The third-order valence-electron chi connectivity index (χ3n) is 6.41. The Hall–Kier alpha value is -3.46. The molecule has 1 unspecified atom stereocenters. The van der Waals surface area contributed by atoms with Gasteiger partial charge in [0.1, 0.15) is 11.8 Å². The van der Waals surface area contributed by atoms with Crippen molar-refractivity contribution < 1.29 is 14.3 Å². The summed E-state index contributed by atoms with van der Waals surface area (Å²) in [6.45, 7) is 0.917. The first-order chi connectivity index (χ1) is 17.5. The molecule has 1 aromatic heterocycles. The fraction of sp³-hybridized carbons (Fsp3) is 0.222. The van der Waals surface area contributed by atoms with Crippen molar-refractivity contribution in [1.29, 1.82) is 0 Å². The van der Waals surface area contributed by atoms with Gasteiger partial charge in [0.2, 0.25) is 4.77 Å². The summed E-state index contributed by atoms with van der Waals surface area (Å²) in [7, 11) is 3.05. The largest absolute Gasteiger partial charge is 0.497 e. The van der Waals surface area contributed by atoms with Gasteiger partial charge in [0, 0.05) is 17.1 Å². The number of hydrogen-bond acceptors (Lipinski definition) is 6. The maximum atomic E-state index is 12.7. The van der Waals surface area contributed by atoms with Gasteiger partial charge in [0.25, 0.3) is 0 Å². The van der Waals surface area contributed by atoms with E-state index in [1.54, 1.807) is 11.8 Å². The zero-order valence-electron chi connectivity index (χ0n) is 19.9. The maximum Gasteiger partial charge on any atom is 0.323 e. The molecule has 0 saturated heterocycles. The molecule has 0 spiro atoms. The Labute approximate surface area is 219 Å². The Bertz CT molecular complexity index is 1450. The number of carbonyl (C=O) groups excluding carboxylic acids is 1. The molecule has 0 saturated carbocycles. The van der Waals surface area contributed by atoms with E-state index in [2.05, 4.69) is 17.0 Å². The van der Waals surface area contributed by atoms with Crippen molar-refractivity contribution in [2.45, 2.75) is 25.7 Å². The first-order valence-electron chi connectivity index (χ1n) is 11.5. The number of aromatic nitrogens is 3. The summed E-state index contributed by atoms with van der Waals surface area (Å²) in [5.74, 6) is 1.16. The zero-order chi connectivity index (χ0) is 25.2. The minimum atomic E-state index is -0.433. The van der Waals surface area contributed by atoms with Crippen LogP contribution in [0.5, 0.6) is 5.75 Å². The van der Waals surface area contributed by atoms with Gasteiger partial charge in [-0.1, -0.05) is 35.9 Å². The Morgan fingerprint density at radius 2 is 1.72 bits per heavy atom. The molecule has 0 aliphatic carbocycles. The highest BCUT2D eigenvalue weighted by Crippen LogP contribution is 2.28. The molecule has 0 fully saturated rings. The van der Waals surface area contributed by atoms with Crippen molar-refractivity contribution >= 4 is 29.8 Å². The van der Waals surface area contributed by atoms with E-state index in [0.717, 1.165) is 22.6 Å². The molecule has 0 amide bonds. The first-order valence-corrected chi connectivity index (χ1v) is 12.3. The van der Waals surface area contributed by atoms with Crippen LogP contribution >= 0.6 is 23.8 Å². The lowest BCUT2D eigenvalue weighted by atomic mass is 9.94. The molecule has 0 N–H and O–H groups in total. The number of rotatable bonds is 6. The van der Waals surface area contributed by atoms with Crippen LogP contribution in [0.15, 0.2) is 72.8 Å². The Morgan fingerprint density at radius 3 is 2.39 bits per heavy atom. The molecule has 3 aromatic carbocycles. The van der Waals surface area contributed by atoms with Crippen molar-refractivity contribution in [1.82, 2.24) is 19.2 Å². The second-order valence-electron chi connectivity index (χ2n) is 8.55. The summed E-state index contributed by atoms with van der Waals surface area (Å²) in [6.07, 6.45) is 0.569. The molecule has 1 atom stereocenters. The van der Waals surface area contributed by atoms with Gasteiger partial charge < -0.3 is 9.47 Å². The number of hydrogen-bond donors (Lipinski definition) is 0. The molecule has 1 aliphatic rings. The second kappa shape index (κ2) is 10.3. The number of nitrogens with zero attached hydrogens (tertiary/aromatic N) is 4. The summed E-state index contributed by atoms with van der Waals surface area (Å²) in [5, 5.41) is 5.55. The molecule has 5 rings (SSSR count). The molecule has 9 heteroatoms. The lowest BCUT2D eigenvalue weighted by Gasteiger charge is -2.34. The van der Waals surface area contributed by atoms with E-state index in [0.29, 0.717) is 35.3 Å². The van der Waals surface area contributed by atoms with Crippen molar-refractivity contribution in [3.8, 4) is 22.8 Å². The lowest BCUT2D eigenvalue weighted by Crippen LogP contribution is -2.46. The monoisotopic (exact) mass is 520 g/mol. The van der Waals surface area contributed by atoms with E-state index in [1.165, 1.54) is 12.7 Å². The van der Waals surface area contributed by atoms with Gasteiger partial charge in [0.15, 0.2) is 5.82 Å². The van der Waals surface area contributed by atoms with E-state index >= 15 is 0 Å². The van der Waals surface area contributed by atoms with Gasteiger partial charge in [-0.15, -0.1) is 5.10 Å². The highest BCUT2D eigenvalue weighted by atomic mass is 35.5. The predicted molar refractivity (Wildman–Crippen MR) is 141 cm³/mol. The molecule has 2 heterocycles. The second-order valence-corrected chi connectivity index (χ2v) is 9.35. The molecular formula is C27H25ClN4O3S. The van der Waals surface area contributed by atoms with Crippen LogP contribution in [-0.2, 0) is 29.2 Å². The van der Waals surface area contributed by atoms with Gasteiger partial charge in [-0.25, -0.2) is 4.68 Å². The summed E-state index contributed by atoms with van der Waals surface area (Å²) < 4.78 is 14.6. The van der Waals surface area contributed by atoms with Crippen molar-refractivity contribution in [3.05, 3.63) is 93.7 Å². The first kappa shape index (κ1) is 24.2. The van der Waals surface area contributed by atoms with Crippen molar-refractivity contribution in [2.75, 3.05) is 14.2 Å². The molecule has 4 aromatic rings. The van der Waals surface area contributed by atoms with Crippen LogP contribution in [0.25, 0.3) is 17.1 Å². The molecule has 184 valence electrons. The van der Waals surface area contributed by atoms with Gasteiger partial charge in [0.05, 0.1) is 26.6 Å². The van der Waals surface area contributed by atoms with Crippen LogP contribution in [0, 0.1) is 4.77 Å². The van der Waals surface area contributed by atoms with Crippen LogP contribution in [0.4, 0.5) is 0 Å². The van der Waals surface area contributed by atoms with Crippen LogP contribution < -0.4 is 4.74 Å². The zero-order valence-corrected chi connectivity index (χ0v) is 21.5. The fourth-order valence-corrected chi connectivity index (χ4v) is 4.93. The summed E-state index contributed by atoms with van der Waals surface area (Å²) >= 11 is 12.1. The van der Waals surface area contributed by atoms with Crippen molar-refractivity contribution in [3.63, 3.8) is 0 Å². The van der Waals surface area contributed by atoms with Crippen LogP contribution in [0.3, 0.4) is 0 Å². The predicted octanol–water partition coefficient (Wildman–Crippen LogP) is 5.29. The van der Waals surface area contributed by atoms with E-state index in [1.807, 2.05) is 65.2 Å². The van der Waals surface area contributed by atoms with E-state index < -0.39 is 6.04 Å². The summed E-state index contributed by atoms with van der Waals surface area (Å²) in [6, 6.07) is 22.8. The van der Waals surface area contributed by atoms with Gasteiger partial charge in [-0.3, -0.25) is 14.3 Å². The number of methoxy groups -OCH3 is 2. The number of halogens is 1. The van der Waals surface area contributed by atoms with Gasteiger partial charge >= 0.3 is 5.97 Å². The molecule has 1 aliphatic heterocycles. The smallest absolute Gasteiger partial charge is 0.323 e. The maximum absolute atomic E-state index is 12.7.